The fourth-order valence-corrected chi connectivity index (χ4v) is 1.33. The third-order valence-electron chi connectivity index (χ3n) is 2.17. The van der Waals surface area contributed by atoms with E-state index in [1.165, 1.54) is 17.3 Å². The van der Waals surface area contributed by atoms with Crippen molar-refractivity contribution in [1.29, 1.82) is 0 Å². The summed E-state index contributed by atoms with van der Waals surface area (Å²) in [6, 6.07) is -0.0743. The Balaban J connectivity index is 1.88. The smallest absolute Gasteiger partial charge is 0.242 e. The summed E-state index contributed by atoms with van der Waals surface area (Å²) >= 11 is 0. The molecule has 0 bridgehead atoms. The van der Waals surface area contributed by atoms with Crippen LogP contribution in [-0.4, -0.2) is 30.9 Å². The van der Waals surface area contributed by atoms with Crippen molar-refractivity contribution in [2.24, 2.45) is 0 Å². The van der Waals surface area contributed by atoms with E-state index in [-0.39, 0.29) is 18.5 Å². The summed E-state index contributed by atoms with van der Waals surface area (Å²) in [6.45, 7) is 2.06. The molecule has 2 aromatic heterocycles. The molecule has 1 atom stereocenters. The van der Waals surface area contributed by atoms with Crippen molar-refractivity contribution in [2.75, 3.05) is 0 Å². The van der Waals surface area contributed by atoms with Crippen molar-refractivity contribution < 1.29 is 4.79 Å². The molecule has 2 rings (SSSR count). The molecule has 1 amide bonds. The molecule has 0 saturated carbocycles. The van der Waals surface area contributed by atoms with Gasteiger partial charge in [0, 0.05) is 11.8 Å². The number of hydrogen-bond acceptors (Lipinski definition) is 4. The summed E-state index contributed by atoms with van der Waals surface area (Å²) in [5, 5.41) is 13.2. The lowest BCUT2D eigenvalue weighted by Crippen LogP contribution is -2.30. The largest absolute Gasteiger partial charge is 0.348 e. The maximum absolute atomic E-state index is 11.6. The molecule has 2 heterocycles. The molecule has 1 unspecified atom stereocenters. The number of rotatable bonds is 4. The van der Waals surface area contributed by atoms with Gasteiger partial charge in [-0.1, -0.05) is 0 Å². The fourth-order valence-electron chi connectivity index (χ4n) is 1.33. The van der Waals surface area contributed by atoms with Gasteiger partial charge in [0.15, 0.2) is 0 Å². The Morgan fingerprint density at radius 1 is 1.69 bits per heavy atom. The molecule has 0 aliphatic heterocycles. The minimum atomic E-state index is -0.112. The highest BCUT2D eigenvalue weighted by Crippen LogP contribution is 2.08. The van der Waals surface area contributed by atoms with Crippen LogP contribution in [0.5, 0.6) is 0 Å². The predicted molar refractivity (Wildman–Crippen MR) is 55.2 cm³/mol. The van der Waals surface area contributed by atoms with E-state index in [0.717, 1.165) is 5.56 Å². The van der Waals surface area contributed by atoms with Gasteiger partial charge in [0.1, 0.15) is 19.2 Å². The number of aromatic amines is 1. The van der Waals surface area contributed by atoms with Crippen molar-refractivity contribution in [3.05, 3.63) is 30.6 Å². The van der Waals surface area contributed by atoms with E-state index in [2.05, 4.69) is 25.6 Å². The topological polar surface area (TPSA) is 88.5 Å². The summed E-state index contributed by atoms with van der Waals surface area (Å²) in [5.74, 6) is -0.112. The quantitative estimate of drug-likeness (QED) is 0.751. The molecular formula is C9H12N6O. The molecule has 0 spiro atoms. The van der Waals surface area contributed by atoms with Crippen molar-refractivity contribution in [3.8, 4) is 0 Å². The van der Waals surface area contributed by atoms with E-state index in [9.17, 15) is 4.79 Å². The molecule has 0 aliphatic carbocycles. The van der Waals surface area contributed by atoms with Crippen molar-refractivity contribution in [2.45, 2.75) is 19.5 Å². The van der Waals surface area contributed by atoms with Gasteiger partial charge in [-0.15, -0.1) is 0 Å². The minimum absolute atomic E-state index is 0.0743. The maximum Gasteiger partial charge on any atom is 0.242 e. The number of amides is 1. The summed E-state index contributed by atoms with van der Waals surface area (Å²) < 4.78 is 1.47. The second kappa shape index (κ2) is 4.56. The van der Waals surface area contributed by atoms with Gasteiger partial charge in [-0.2, -0.15) is 10.2 Å². The normalized spacial score (nSPS) is 12.3. The maximum atomic E-state index is 11.6. The van der Waals surface area contributed by atoms with Gasteiger partial charge < -0.3 is 5.32 Å². The SMILES string of the molecule is CC(NC(=O)Cn1cncn1)c1cn[nH]c1. The van der Waals surface area contributed by atoms with Crippen LogP contribution in [0.3, 0.4) is 0 Å². The lowest BCUT2D eigenvalue weighted by atomic mass is 10.2. The zero-order valence-electron chi connectivity index (χ0n) is 8.79. The van der Waals surface area contributed by atoms with Crippen molar-refractivity contribution >= 4 is 5.91 Å². The van der Waals surface area contributed by atoms with Crippen molar-refractivity contribution in [3.63, 3.8) is 0 Å². The standard InChI is InChI=1S/C9H12N6O/c1-7(8-2-11-12-3-8)14-9(16)4-15-6-10-5-13-15/h2-3,5-7H,4H2,1H3,(H,11,12)(H,14,16). The van der Waals surface area contributed by atoms with E-state index in [1.54, 1.807) is 12.4 Å². The number of nitrogens with zero attached hydrogens (tertiary/aromatic N) is 4. The summed E-state index contributed by atoms with van der Waals surface area (Å²) in [5.41, 5.74) is 0.937. The first kappa shape index (κ1) is 10.3. The molecule has 0 aromatic carbocycles. The summed E-state index contributed by atoms with van der Waals surface area (Å²) in [4.78, 5) is 15.3. The third-order valence-corrected chi connectivity index (χ3v) is 2.17. The second-order valence-corrected chi connectivity index (χ2v) is 3.41. The molecule has 0 aliphatic rings. The zero-order chi connectivity index (χ0) is 11.4. The van der Waals surface area contributed by atoms with E-state index >= 15 is 0 Å². The van der Waals surface area contributed by atoms with Gasteiger partial charge in [-0.3, -0.25) is 9.89 Å². The Bertz CT molecular complexity index is 435. The van der Waals surface area contributed by atoms with E-state index in [4.69, 9.17) is 0 Å². The van der Waals surface area contributed by atoms with Gasteiger partial charge >= 0.3 is 0 Å². The molecule has 2 aromatic rings. The van der Waals surface area contributed by atoms with Crippen LogP contribution in [0.25, 0.3) is 0 Å². The van der Waals surface area contributed by atoms with E-state index in [0.29, 0.717) is 0 Å². The molecule has 0 radical (unpaired) electrons. The van der Waals surface area contributed by atoms with Crippen LogP contribution < -0.4 is 5.32 Å². The Hall–Kier alpha value is -2.18. The molecule has 7 heteroatoms. The number of aromatic nitrogens is 5. The first-order valence-electron chi connectivity index (χ1n) is 4.86. The molecule has 2 N–H and O–H groups in total. The first-order valence-corrected chi connectivity index (χ1v) is 4.86. The van der Waals surface area contributed by atoms with Gasteiger partial charge in [0.2, 0.25) is 5.91 Å². The molecule has 0 fully saturated rings. The number of H-pyrrole nitrogens is 1. The Morgan fingerprint density at radius 3 is 3.19 bits per heavy atom. The molecule has 0 saturated heterocycles. The average molecular weight is 220 g/mol. The minimum Gasteiger partial charge on any atom is -0.348 e. The number of hydrogen-bond donors (Lipinski definition) is 2. The van der Waals surface area contributed by atoms with E-state index < -0.39 is 0 Å². The van der Waals surface area contributed by atoms with Crippen LogP contribution >= 0.6 is 0 Å². The number of carbonyl (C=O) groups is 1. The number of nitrogens with one attached hydrogen (secondary N) is 2. The van der Waals surface area contributed by atoms with Gasteiger partial charge in [-0.25, -0.2) is 9.67 Å². The monoisotopic (exact) mass is 220 g/mol. The second-order valence-electron chi connectivity index (χ2n) is 3.41. The van der Waals surface area contributed by atoms with E-state index in [1.807, 2.05) is 6.92 Å². The van der Waals surface area contributed by atoms with Crippen LogP contribution in [0.2, 0.25) is 0 Å². The zero-order valence-corrected chi connectivity index (χ0v) is 8.79. The van der Waals surface area contributed by atoms with Crippen LogP contribution in [0.15, 0.2) is 25.0 Å². The predicted octanol–water partition coefficient (Wildman–Crippen LogP) is -0.121. The lowest BCUT2D eigenvalue weighted by molar-refractivity contribution is -0.122. The first-order chi connectivity index (χ1) is 7.75. The fraction of sp³-hybridized carbons (Fsp3) is 0.333. The molecule has 16 heavy (non-hydrogen) atoms. The van der Waals surface area contributed by atoms with Crippen LogP contribution in [0.1, 0.15) is 18.5 Å². The lowest BCUT2D eigenvalue weighted by Gasteiger charge is -2.11. The van der Waals surface area contributed by atoms with Crippen LogP contribution in [0.4, 0.5) is 0 Å². The highest BCUT2D eigenvalue weighted by atomic mass is 16.2. The molecule has 7 nitrogen and oxygen atoms in total. The highest BCUT2D eigenvalue weighted by Gasteiger charge is 2.10. The Kier molecular flexibility index (Phi) is 2.95. The average Bonchev–Trinajstić information content (AvgIpc) is 2.88. The third kappa shape index (κ3) is 2.44. The van der Waals surface area contributed by atoms with Crippen LogP contribution in [-0.2, 0) is 11.3 Å². The number of carbonyl (C=O) groups excluding carboxylic acids is 1. The van der Waals surface area contributed by atoms with Crippen molar-refractivity contribution in [1.82, 2.24) is 30.3 Å². The summed E-state index contributed by atoms with van der Waals surface area (Å²) in [7, 11) is 0. The summed E-state index contributed by atoms with van der Waals surface area (Å²) in [6.07, 6.45) is 6.33. The highest BCUT2D eigenvalue weighted by molar-refractivity contribution is 5.76. The van der Waals surface area contributed by atoms with Gasteiger partial charge in [0.25, 0.3) is 0 Å². The van der Waals surface area contributed by atoms with Gasteiger partial charge in [-0.05, 0) is 6.92 Å². The van der Waals surface area contributed by atoms with Gasteiger partial charge in [0.05, 0.1) is 12.2 Å². The Morgan fingerprint density at radius 2 is 2.56 bits per heavy atom. The molecule has 84 valence electrons. The Labute approximate surface area is 91.9 Å². The molecular weight excluding hydrogens is 208 g/mol. The van der Waals surface area contributed by atoms with Crippen LogP contribution in [0, 0.1) is 0 Å².